The molecule has 0 radical (unpaired) electrons. The lowest BCUT2D eigenvalue weighted by Gasteiger charge is -2.07. The Balaban J connectivity index is 2.77. The van der Waals surface area contributed by atoms with Gasteiger partial charge < -0.3 is 9.47 Å². The van der Waals surface area contributed by atoms with Crippen molar-refractivity contribution in [2.45, 2.75) is 13.8 Å². The highest BCUT2D eigenvalue weighted by Gasteiger charge is 2.08. The summed E-state index contributed by atoms with van der Waals surface area (Å²) >= 11 is 3.05. The Morgan fingerprint density at radius 1 is 1.53 bits per heavy atom. The number of halogens is 2. The van der Waals surface area contributed by atoms with Crippen LogP contribution in [0.15, 0.2) is 34.5 Å². The van der Waals surface area contributed by atoms with Gasteiger partial charge in [0.05, 0.1) is 17.2 Å². The molecule has 1 rings (SSSR count). The molecule has 0 spiro atoms. The van der Waals surface area contributed by atoms with Crippen molar-refractivity contribution in [3.8, 4) is 5.75 Å². The lowest BCUT2D eigenvalue weighted by atomic mass is 10.3. The van der Waals surface area contributed by atoms with Crippen molar-refractivity contribution in [1.29, 1.82) is 0 Å². The second-order valence-corrected chi connectivity index (χ2v) is 4.02. The minimum absolute atomic E-state index is 0.0532. The summed E-state index contributed by atoms with van der Waals surface area (Å²) in [6.45, 7) is 3.54. The number of hydrogen-bond acceptors (Lipinski definition) is 3. The molecule has 0 heterocycles. The fourth-order valence-electron chi connectivity index (χ4n) is 1.12. The van der Waals surface area contributed by atoms with Gasteiger partial charge in [-0.05, 0) is 41.9 Å². The molecule has 0 fully saturated rings. The molecule has 92 valence electrons. The SMILES string of the molecule is CCOC(=O)/C=C(/C)Oc1cccc(Br)c1F. The van der Waals surface area contributed by atoms with E-state index in [1.165, 1.54) is 12.1 Å². The van der Waals surface area contributed by atoms with Crippen molar-refractivity contribution < 1.29 is 18.7 Å². The van der Waals surface area contributed by atoms with Gasteiger partial charge in [-0.1, -0.05) is 6.07 Å². The third-order valence-corrected chi connectivity index (χ3v) is 2.41. The average Bonchev–Trinajstić information content (AvgIpc) is 2.25. The van der Waals surface area contributed by atoms with E-state index in [2.05, 4.69) is 15.9 Å². The Bertz CT molecular complexity index is 443. The highest BCUT2D eigenvalue weighted by Crippen LogP contribution is 2.25. The molecule has 1 aromatic rings. The zero-order chi connectivity index (χ0) is 12.8. The first-order valence-electron chi connectivity index (χ1n) is 5.01. The van der Waals surface area contributed by atoms with Gasteiger partial charge in [-0.3, -0.25) is 0 Å². The van der Waals surface area contributed by atoms with Crippen LogP contribution in [0.25, 0.3) is 0 Å². The van der Waals surface area contributed by atoms with E-state index in [9.17, 15) is 9.18 Å². The van der Waals surface area contributed by atoms with Crippen molar-refractivity contribution in [3.05, 3.63) is 40.3 Å². The fourth-order valence-corrected chi connectivity index (χ4v) is 1.46. The van der Waals surface area contributed by atoms with Crippen LogP contribution in [0.4, 0.5) is 4.39 Å². The topological polar surface area (TPSA) is 35.5 Å². The predicted octanol–water partition coefficient (Wildman–Crippen LogP) is 3.43. The van der Waals surface area contributed by atoms with Gasteiger partial charge in [0.15, 0.2) is 11.6 Å². The largest absolute Gasteiger partial charge is 0.463 e. The van der Waals surface area contributed by atoms with Crippen LogP contribution in [0.5, 0.6) is 5.75 Å². The molecule has 5 heteroatoms. The molecule has 0 bridgehead atoms. The zero-order valence-electron chi connectivity index (χ0n) is 9.50. The maximum absolute atomic E-state index is 13.5. The van der Waals surface area contributed by atoms with E-state index in [-0.39, 0.29) is 18.1 Å². The lowest BCUT2D eigenvalue weighted by molar-refractivity contribution is -0.137. The molecule has 0 aromatic heterocycles. The van der Waals surface area contributed by atoms with E-state index < -0.39 is 11.8 Å². The van der Waals surface area contributed by atoms with E-state index >= 15 is 0 Å². The second-order valence-electron chi connectivity index (χ2n) is 3.16. The summed E-state index contributed by atoms with van der Waals surface area (Å²) < 4.78 is 23.7. The quantitative estimate of drug-likeness (QED) is 0.485. The third-order valence-electron chi connectivity index (χ3n) is 1.79. The highest BCUT2D eigenvalue weighted by molar-refractivity contribution is 9.10. The van der Waals surface area contributed by atoms with Crippen LogP contribution in [0, 0.1) is 5.82 Å². The number of esters is 1. The van der Waals surface area contributed by atoms with E-state index in [0.717, 1.165) is 0 Å². The van der Waals surface area contributed by atoms with E-state index in [4.69, 9.17) is 9.47 Å². The van der Waals surface area contributed by atoms with Crippen LogP contribution in [-0.2, 0) is 9.53 Å². The Labute approximate surface area is 107 Å². The zero-order valence-corrected chi connectivity index (χ0v) is 11.1. The van der Waals surface area contributed by atoms with E-state index in [0.29, 0.717) is 4.47 Å². The third kappa shape index (κ3) is 4.19. The van der Waals surface area contributed by atoms with Crippen LogP contribution in [0.1, 0.15) is 13.8 Å². The van der Waals surface area contributed by atoms with Crippen molar-refractivity contribution in [2.24, 2.45) is 0 Å². The summed E-state index contributed by atoms with van der Waals surface area (Å²) in [4.78, 5) is 11.1. The fraction of sp³-hybridized carbons (Fsp3) is 0.250. The maximum Gasteiger partial charge on any atom is 0.334 e. The van der Waals surface area contributed by atoms with Gasteiger partial charge in [-0.15, -0.1) is 0 Å². The van der Waals surface area contributed by atoms with E-state index in [1.54, 1.807) is 26.0 Å². The number of ether oxygens (including phenoxy) is 2. The van der Waals surface area contributed by atoms with Gasteiger partial charge in [-0.25, -0.2) is 9.18 Å². The molecular weight excluding hydrogens is 291 g/mol. The maximum atomic E-state index is 13.5. The number of hydrogen-bond donors (Lipinski definition) is 0. The Morgan fingerprint density at radius 3 is 2.88 bits per heavy atom. The molecule has 0 unspecified atom stereocenters. The Morgan fingerprint density at radius 2 is 2.24 bits per heavy atom. The monoisotopic (exact) mass is 302 g/mol. The lowest BCUT2D eigenvalue weighted by Crippen LogP contribution is -2.03. The Kier molecular flexibility index (Phi) is 5.15. The molecular formula is C12H12BrFO3. The van der Waals surface area contributed by atoms with Crippen LogP contribution in [-0.4, -0.2) is 12.6 Å². The molecule has 0 aliphatic rings. The molecule has 0 atom stereocenters. The molecule has 3 nitrogen and oxygen atoms in total. The van der Waals surface area contributed by atoms with Crippen molar-refractivity contribution >= 4 is 21.9 Å². The molecule has 0 N–H and O–H groups in total. The first-order valence-corrected chi connectivity index (χ1v) is 5.80. The highest BCUT2D eigenvalue weighted by atomic mass is 79.9. The van der Waals surface area contributed by atoms with Crippen molar-refractivity contribution in [1.82, 2.24) is 0 Å². The van der Waals surface area contributed by atoms with Crippen LogP contribution >= 0.6 is 15.9 Å². The molecule has 1 aromatic carbocycles. The predicted molar refractivity (Wildman–Crippen MR) is 65.1 cm³/mol. The molecule has 0 aliphatic carbocycles. The number of rotatable bonds is 4. The summed E-state index contributed by atoms with van der Waals surface area (Å²) in [6, 6.07) is 4.68. The minimum atomic E-state index is -0.514. The summed E-state index contributed by atoms with van der Waals surface area (Å²) in [5.74, 6) is -0.706. The van der Waals surface area contributed by atoms with Crippen molar-refractivity contribution in [2.75, 3.05) is 6.61 Å². The van der Waals surface area contributed by atoms with Gasteiger partial charge >= 0.3 is 5.97 Å². The van der Waals surface area contributed by atoms with E-state index in [1.807, 2.05) is 0 Å². The summed E-state index contributed by atoms with van der Waals surface area (Å²) in [5, 5.41) is 0. The Hall–Kier alpha value is -1.36. The molecule has 0 amide bonds. The van der Waals surface area contributed by atoms with Crippen LogP contribution in [0.2, 0.25) is 0 Å². The molecule has 17 heavy (non-hydrogen) atoms. The van der Waals surface area contributed by atoms with Crippen LogP contribution < -0.4 is 4.74 Å². The summed E-state index contributed by atoms with van der Waals surface area (Å²) in [6.07, 6.45) is 1.17. The van der Waals surface area contributed by atoms with Crippen LogP contribution in [0.3, 0.4) is 0 Å². The average molecular weight is 303 g/mol. The smallest absolute Gasteiger partial charge is 0.334 e. The second kappa shape index (κ2) is 6.39. The summed E-state index contributed by atoms with van der Waals surface area (Å²) in [5.41, 5.74) is 0. The van der Waals surface area contributed by atoms with Crippen molar-refractivity contribution in [3.63, 3.8) is 0 Å². The number of benzene rings is 1. The number of allylic oxidation sites excluding steroid dienone is 1. The standard InChI is InChI=1S/C12H12BrFO3/c1-3-16-11(15)7-8(2)17-10-6-4-5-9(13)12(10)14/h4-7H,3H2,1-2H3/b8-7-. The van der Waals surface area contributed by atoms with Gasteiger partial charge in [0, 0.05) is 0 Å². The molecule has 0 aliphatic heterocycles. The minimum Gasteiger partial charge on any atom is -0.463 e. The normalized spacial score (nSPS) is 11.2. The van der Waals surface area contributed by atoms with Gasteiger partial charge in [0.1, 0.15) is 5.76 Å². The van der Waals surface area contributed by atoms with Gasteiger partial charge in [0.2, 0.25) is 0 Å². The first-order chi connectivity index (χ1) is 8.04. The van der Waals surface area contributed by atoms with Gasteiger partial charge in [0.25, 0.3) is 0 Å². The number of carbonyl (C=O) groups is 1. The summed E-state index contributed by atoms with van der Waals surface area (Å²) in [7, 11) is 0. The first kappa shape index (κ1) is 13.7. The molecule has 0 saturated carbocycles. The molecule has 0 saturated heterocycles. The van der Waals surface area contributed by atoms with Gasteiger partial charge in [-0.2, -0.15) is 0 Å². The number of carbonyl (C=O) groups excluding carboxylic acids is 1.